The van der Waals surface area contributed by atoms with E-state index in [-0.39, 0.29) is 16.8 Å². The molecule has 0 bridgehead atoms. The summed E-state index contributed by atoms with van der Waals surface area (Å²) in [6.07, 6.45) is 1.50. The molecule has 158 valence electrons. The smallest absolute Gasteiger partial charge is 0.321 e. The van der Waals surface area contributed by atoms with Crippen LogP contribution in [0.5, 0.6) is 5.75 Å². The second-order valence-electron chi connectivity index (χ2n) is 7.65. The van der Waals surface area contributed by atoms with Crippen LogP contribution < -0.4 is 15.0 Å². The maximum absolute atomic E-state index is 12.9. The Kier molecular flexibility index (Phi) is 5.90. The number of carbonyl (C=O) groups excluding carboxylic acids is 2. The summed E-state index contributed by atoms with van der Waals surface area (Å²) >= 11 is 1.71. The maximum atomic E-state index is 12.9. The number of hydrogen-bond donors (Lipinski definition) is 1. The molecule has 30 heavy (non-hydrogen) atoms. The molecule has 2 saturated heterocycles. The first kappa shape index (κ1) is 20.6. The molecule has 2 aliphatic rings. The normalized spacial score (nSPS) is 18.0. The number of nitrogens with one attached hydrogen (secondary N) is 1. The highest BCUT2D eigenvalue weighted by molar-refractivity contribution is 8.02. The lowest BCUT2D eigenvalue weighted by Gasteiger charge is -2.43. The fourth-order valence-electron chi connectivity index (χ4n) is 4.10. The van der Waals surface area contributed by atoms with Gasteiger partial charge in [0.1, 0.15) is 5.75 Å². The largest absolute Gasteiger partial charge is 0.492 e. The molecule has 2 fully saturated rings. The summed E-state index contributed by atoms with van der Waals surface area (Å²) < 4.78 is 5.60. The van der Waals surface area contributed by atoms with Crippen molar-refractivity contribution in [1.82, 2.24) is 4.90 Å². The summed E-state index contributed by atoms with van der Waals surface area (Å²) in [7, 11) is 0. The van der Waals surface area contributed by atoms with Gasteiger partial charge in [0.2, 0.25) is 5.91 Å². The summed E-state index contributed by atoms with van der Waals surface area (Å²) in [5.41, 5.74) is 2.79. The number of benzene rings is 2. The Bertz CT molecular complexity index is 924. The van der Waals surface area contributed by atoms with Crippen LogP contribution in [-0.2, 0) is 4.79 Å². The number of ether oxygens (including phenoxy) is 1. The number of amides is 3. The quantitative estimate of drug-likeness (QED) is 0.784. The Balaban J connectivity index is 1.44. The van der Waals surface area contributed by atoms with Gasteiger partial charge in [-0.2, -0.15) is 0 Å². The molecule has 0 radical (unpaired) electrons. The number of piperidine rings is 1. The molecular formula is C23H27N3O3S. The van der Waals surface area contributed by atoms with Gasteiger partial charge in [-0.3, -0.25) is 9.69 Å². The molecule has 7 heteroatoms. The van der Waals surface area contributed by atoms with Crippen LogP contribution in [0.25, 0.3) is 0 Å². The molecular weight excluding hydrogens is 398 g/mol. The van der Waals surface area contributed by atoms with Gasteiger partial charge >= 0.3 is 6.03 Å². The molecule has 4 rings (SSSR count). The number of rotatable bonds is 4. The lowest BCUT2D eigenvalue weighted by Crippen LogP contribution is -2.53. The molecule has 6 nitrogen and oxygen atoms in total. The van der Waals surface area contributed by atoms with Gasteiger partial charge in [0.15, 0.2) is 0 Å². The van der Waals surface area contributed by atoms with Crippen LogP contribution in [0.1, 0.15) is 25.3 Å². The highest BCUT2D eigenvalue weighted by atomic mass is 32.2. The molecule has 2 aromatic carbocycles. The van der Waals surface area contributed by atoms with Crippen molar-refractivity contribution in [3.8, 4) is 5.75 Å². The Morgan fingerprint density at radius 3 is 2.53 bits per heavy atom. The second kappa shape index (κ2) is 8.60. The Hall–Kier alpha value is -2.67. The number of hydrogen-bond acceptors (Lipinski definition) is 4. The molecule has 0 unspecified atom stereocenters. The van der Waals surface area contributed by atoms with Gasteiger partial charge in [0, 0.05) is 18.8 Å². The van der Waals surface area contributed by atoms with Crippen LogP contribution in [0.4, 0.5) is 16.2 Å². The van der Waals surface area contributed by atoms with Crippen molar-refractivity contribution in [2.75, 3.05) is 35.7 Å². The van der Waals surface area contributed by atoms with E-state index in [4.69, 9.17) is 4.74 Å². The van der Waals surface area contributed by atoms with Gasteiger partial charge in [-0.25, -0.2) is 4.79 Å². The van der Waals surface area contributed by atoms with Crippen molar-refractivity contribution >= 4 is 35.1 Å². The molecule has 0 atom stereocenters. The first-order chi connectivity index (χ1) is 14.5. The number of likely N-dealkylation sites (tertiary alicyclic amines) is 1. The lowest BCUT2D eigenvalue weighted by atomic mass is 10.0. The van der Waals surface area contributed by atoms with E-state index >= 15 is 0 Å². The van der Waals surface area contributed by atoms with Crippen molar-refractivity contribution in [2.45, 2.75) is 31.6 Å². The highest BCUT2D eigenvalue weighted by Crippen LogP contribution is 2.46. The standard InChI is InChI=1S/C23H27N3O3S/c1-3-29-20-7-5-4-6-19(20)24-22(28)25-14-12-23(13-15-25)26(21(27)16-30-23)18-10-8-17(2)9-11-18/h4-11H,3,12-16H2,1-2H3,(H,24,28). The SMILES string of the molecule is CCOc1ccccc1NC(=O)N1CCC2(CC1)SCC(=O)N2c1ccc(C)cc1. The van der Waals surface area contributed by atoms with Gasteiger partial charge in [-0.1, -0.05) is 29.8 Å². The average molecular weight is 426 g/mol. The molecule has 2 aliphatic heterocycles. The number of aryl methyl sites for hydroxylation is 1. The van der Waals surface area contributed by atoms with E-state index in [9.17, 15) is 9.59 Å². The molecule has 0 aromatic heterocycles. The molecule has 2 heterocycles. The van der Waals surface area contributed by atoms with Crippen molar-refractivity contribution in [3.05, 3.63) is 54.1 Å². The third-order valence-electron chi connectivity index (χ3n) is 5.67. The maximum Gasteiger partial charge on any atom is 0.321 e. The van der Waals surface area contributed by atoms with Crippen molar-refractivity contribution in [3.63, 3.8) is 0 Å². The zero-order valence-corrected chi connectivity index (χ0v) is 18.2. The number of anilines is 2. The summed E-state index contributed by atoms with van der Waals surface area (Å²) in [6.45, 7) is 5.71. The summed E-state index contributed by atoms with van der Waals surface area (Å²) in [5, 5.41) is 2.98. The van der Waals surface area contributed by atoms with Gasteiger partial charge in [-0.15, -0.1) is 11.8 Å². The second-order valence-corrected chi connectivity index (χ2v) is 8.98. The van der Waals surface area contributed by atoms with Gasteiger partial charge in [-0.05, 0) is 51.0 Å². The minimum atomic E-state index is -0.271. The van der Waals surface area contributed by atoms with Crippen LogP contribution in [0.2, 0.25) is 0 Å². The van der Waals surface area contributed by atoms with E-state index in [2.05, 4.69) is 5.32 Å². The van der Waals surface area contributed by atoms with Gasteiger partial charge in [0.05, 0.1) is 22.9 Å². The number of carbonyl (C=O) groups is 2. The number of thioether (sulfide) groups is 1. The van der Waals surface area contributed by atoms with Crippen LogP contribution in [-0.4, -0.2) is 47.2 Å². The van der Waals surface area contributed by atoms with Crippen molar-refractivity contribution < 1.29 is 14.3 Å². The van der Waals surface area contributed by atoms with Gasteiger partial charge < -0.3 is 15.0 Å². The first-order valence-electron chi connectivity index (χ1n) is 10.3. The molecule has 0 saturated carbocycles. The number of urea groups is 1. The van der Waals surface area contributed by atoms with E-state index in [0.29, 0.717) is 36.9 Å². The van der Waals surface area contributed by atoms with E-state index in [1.165, 1.54) is 5.56 Å². The predicted octanol–water partition coefficient (Wildman–Crippen LogP) is 4.50. The van der Waals surface area contributed by atoms with Crippen LogP contribution in [0, 0.1) is 6.92 Å². The predicted molar refractivity (Wildman–Crippen MR) is 121 cm³/mol. The monoisotopic (exact) mass is 425 g/mol. The van der Waals surface area contributed by atoms with Crippen molar-refractivity contribution in [2.24, 2.45) is 0 Å². The minimum Gasteiger partial charge on any atom is -0.492 e. The summed E-state index contributed by atoms with van der Waals surface area (Å²) in [4.78, 5) is 29.0. The topological polar surface area (TPSA) is 61.9 Å². The fourth-order valence-corrected chi connectivity index (χ4v) is 5.43. The lowest BCUT2D eigenvalue weighted by molar-refractivity contribution is -0.116. The summed E-state index contributed by atoms with van der Waals surface area (Å²) in [6, 6.07) is 15.4. The fraction of sp³-hybridized carbons (Fsp3) is 0.391. The average Bonchev–Trinajstić information content (AvgIpc) is 3.06. The molecule has 0 aliphatic carbocycles. The zero-order chi connectivity index (χ0) is 21.1. The third-order valence-corrected chi connectivity index (χ3v) is 7.19. The number of nitrogens with zero attached hydrogens (tertiary/aromatic N) is 2. The molecule has 1 N–H and O–H groups in total. The molecule has 3 amide bonds. The Morgan fingerprint density at radius 2 is 1.83 bits per heavy atom. The van der Waals surface area contributed by atoms with Crippen LogP contribution in [0.15, 0.2) is 48.5 Å². The number of para-hydroxylation sites is 2. The summed E-state index contributed by atoms with van der Waals surface area (Å²) in [5.74, 6) is 1.30. The van der Waals surface area contributed by atoms with Crippen LogP contribution in [0.3, 0.4) is 0 Å². The van der Waals surface area contributed by atoms with E-state index < -0.39 is 0 Å². The van der Waals surface area contributed by atoms with E-state index in [1.807, 2.05) is 72.2 Å². The van der Waals surface area contributed by atoms with E-state index in [0.717, 1.165) is 18.5 Å². The Labute approximate surface area is 181 Å². The van der Waals surface area contributed by atoms with E-state index in [1.54, 1.807) is 11.8 Å². The van der Waals surface area contributed by atoms with Crippen molar-refractivity contribution in [1.29, 1.82) is 0 Å². The molecule has 2 aromatic rings. The first-order valence-corrected chi connectivity index (χ1v) is 11.3. The zero-order valence-electron chi connectivity index (χ0n) is 17.4. The molecule has 1 spiro atoms. The van der Waals surface area contributed by atoms with Gasteiger partial charge in [0.25, 0.3) is 0 Å². The third kappa shape index (κ3) is 3.99. The highest BCUT2D eigenvalue weighted by Gasteiger charge is 2.49. The van der Waals surface area contributed by atoms with Crippen LogP contribution >= 0.6 is 11.8 Å². The Morgan fingerprint density at radius 1 is 1.13 bits per heavy atom. The minimum absolute atomic E-state index is 0.131.